The van der Waals surface area contributed by atoms with Gasteiger partial charge in [0.2, 0.25) is 5.91 Å². The summed E-state index contributed by atoms with van der Waals surface area (Å²) < 4.78 is 5.47. The van der Waals surface area contributed by atoms with Gasteiger partial charge in [0.15, 0.2) is 5.78 Å². The average Bonchev–Trinajstić information content (AvgIpc) is 2.85. The average molecular weight is 430 g/mol. The summed E-state index contributed by atoms with van der Waals surface area (Å²) in [5, 5.41) is 2.93. The van der Waals surface area contributed by atoms with Gasteiger partial charge in [-0.1, -0.05) is 54.6 Å². The molecule has 0 atom stereocenters. The summed E-state index contributed by atoms with van der Waals surface area (Å²) in [6, 6.07) is 24.2. The molecule has 3 aromatic rings. The molecule has 3 aromatic carbocycles. The van der Waals surface area contributed by atoms with Crippen LogP contribution in [0, 0.1) is 0 Å². The molecule has 32 heavy (non-hydrogen) atoms. The van der Waals surface area contributed by atoms with Crippen molar-refractivity contribution in [2.75, 3.05) is 50.1 Å². The van der Waals surface area contributed by atoms with E-state index in [1.165, 1.54) is 0 Å². The molecule has 4 rings (SSSR count). The predicted octanol–water partition coefficient (Wildman–Crippen LogP) is 3.69. The van der Waals surface area contributed by atoms with Crippen molar-refractivity contribution in [3.8, 4) is 5.75 Å². The Balaban J connectivity index is 1.36. The van der Waals surface area contributed by atoms with Crippen molar-refractivity contribution >= 4 is 23.1 Å². The van der Waals surface area contributed by atoms with Crippen molar-refractivity contribution < 1.29 is 14.3 Å². The Kier molecular flexibility index (Phi) is 6.82. The molecule has 164 valence electrons. The second-order valence-corrected chi connectivity index (χ2v) is 7.72. The van der Waals surface area contributed by atoms with Crippen molar-refractivity contribution in [2.24, 2.45) is 0 Å². The van der Waals surface area contributed by atoms with Gasteiger partial charge in [-0.05, 0) is 24.3 Å². The van der Waals surface area contributed by atoms with Crippen LogP contribution in [0.3, 0.4) is 0 Å². The molecule has 0 saturated carbocycles. The zero-order valence-electron chi connectivity index (χ0n) is 18.2. The number of anilines is 2. The van der Waals surface area contributed by atoms with Gasteiger partial charge in [-0.25, -0.2) is 0 Å². The largest absolute Gasteiger partial charge is 0.495 e. The maximum atomic E-state index is 12.9. The van der Waals surface area contributed by atoms with E-state index in [0.717, 1.165) is 37.6 Å². The zero-order valence-corrected chi connectivity index (χ0v) is 18.2. The first-order chi connectivity index (χ1) is 15.7. The molecule has 0 radical (unpaired) electrons. The van der Waals surface area contributed by atoms with Gasteiger partial charge in [-0.15, -0.1) is 0 Å². The lowest BCUT2D eigenvalue weighted by Crippen LogP contribution is -2.48. The maximum absolute atomic E-state index is 12.9. The fourth-order valence-corrected chi connectivity index (χ4v) is 3.97. The minimum Gasteiger partial charge on any atom is -0.495 e. The number of benzene rings is 3. The van der Waals surface area contributed by atoms with Crippen molar-refractivity contribution in [3.63, 3.8) is 0 Å². The summed E-state index contributed by atoms with van der Waals surface area (Å²) in [6.45, 7) is 3.47. The quantitative estimate of drug-likeness (QED) is 0.581. The second-order valence-electron chi connectivity index (χ2n) is 7.72. The molecule has 1 N–H and O–H groups in total. The van der Waals surface area contributed by atoms with E-state index in [4.69, 9.17) is 4.74 Å². The van der Waals surface area contributed by atoms with Crippen LogP contribution in [0.25, 0.3) is 0 Å². The molecule has 0 spiro atoms. The molecular formula is C26H27N3O3. The lowest BCUT2D eigenvalue weighted by molar-refractivity contribution is -0.117. The lowest BCUT2D eigenvalue weighted by Gasteiger charge is -2.36. The van der Waals surface area contributed by atoms with E-state index in [1.807, 2.05) is 48.5 Å². The number of nitrogens with one attached hydrogen (secondary N) is 1. The standard InChI is InChI=1S/C26H27N3O3/c1-32-24-14-8-7-13-23(24)29-17-15-28(16-18-29)19-25(30)27-22-12-6-5-11-21(22)26(31)20-9-3-2-4-10-20/h2-14H,15-19H2,1H3,(H,27,30). The van der Waals surface area contributed by atoms with E-state index in [2.05, 4.69) is 21.2 Å². The lowest BCUT2D eigenvalue weighted by atomic mass is 10.0. The van der Waals surface area contributed by atoms with Crippen LogP contribution in [0.4, 0.5) is 11.4 Å². The highest BCUT2D eigenvalue weighted by molar-refractivity contribution is 6.13. The molecule has 1 amide bonds. The number of hydrogen-bond donors (Lipinski definition) is 1. The van der Waals surface area contributed by atoms with Gasteiger partial charge in [0.25, 0.3) is 0 Å². The monoisotopic (exact) mass is 429 g/mol. The molecule has 0 bridgehead atoms. The van der Waals surface area contributed by atoms with Gasteiger partial charge >= 0.3 is 0 Å². The fraction of sp³-hybridized carbons (Fsp3) is 0.231. The number of piperazine rings is 1. The third kappa shape index (κ3) is 4.98. The number of nitrogens with zero attached hydrogens (tertiary/aromatic N) is 2. The van der Waals surface area contributed by atoms with Gasteiger partial charge in [0.05, 0.1) is 25.0 Å². The van der Waals surface area contributed by atoms with Crippen molar-refractivity contribution in [3.05, 3.63) is 90.0 Å². The number of para-hydroxylation sites is 3. The highest BCUT2D eigenvalue weighted by atomic mass is 16.5. The maximum Gasteiger partial charge on any atom is 0.238 e. The van der Waals surface area contributed by atoms with Crippen molar-refractivity contribution in [1.82, 2.24) is 4.90 Å². The Morgan fingerprint density at radius 3 is 2.25 bits per heavy atom. The van der Waals surface area contributed by atoms with Gasteiger partial charge in [-0.3, -0.25) is 14.5 Å². The number of hydrogen-bond acceptors (Lipinski definition) is 5. The van der Waals surface area contributed by atoms with Crippen LogP contribution in [-0.4, -0.2) is 56.4 Å². The Hall–Kier alpha value is -3.64. The third-order valence-electron chi connectivity index (χ3n) is 5.65. The summed E-state index contributed by atoms with van der Waals surface area (Å²) >= 11 is 0. The third-order valence-corrected chi connectivity index (χ3v) is 5.65. The van der Waals surface area contributed by atoms with Crippen molar-refractivity contribution in [2.45, 2.75) is 0 Å². The Morgan fingerprint density at radius 1 is 0.844 bits per heavy atom. The molecule has 1 aliphatic heterocycles. The number of carbonyl (C=O) groups is 2. The molecule has 1 saturated heterocycles. The second kappa shape index (κ2) is 10.1. The number of ketones is 1. The molecule has 0 aromatic heterocycles. The molecule has 0 aliphatic carbocycles. The minimum atomic E-state index is -0.121. The van der Waals surface area contributed by atoms with Crippen LogP contribution in [-0.2, 0) is 4.79 Å². The minimum absolute atomic E-state index is 0.105. The van der Waals surface area contributed by atoms with Crippen LogP contribution >= 0.6 is 0 Å². The summed E-state index contributed by atoms with van der Waals surface area (Å²) in [5.41, 5.74) is 2.71. The number of amides is 1. The van der Waals surface area contributed by atoms with E-state index < -0.39 is 0 Å². The number of rotatable bonds is 7. The number of carbonyl (C=O) groups excluding carboxylic acids is 2. The summed E-state index contributed by atoms with van der Waals surface area (Å²) in [5.74, 6) is 0.634. The van der Waals surface area contributed by atoms with Crippen LogP contribution < -0.4 is 15.0 Å². The Labute approximate surface area is 188 Å². The summed E-state index contributed by atoms with van der Waals surface area (Å²) in [6.07, 6.45) is 0. The first-order valence-corrected chi connectivity index (χ1v) is 10.7. The van der Waals surface area contributed by atoms with Gasteiger partial charge in [0, 0.05) is 37.3 Å². The van der Waals surface area contributed by atoms with E-state index in [0.29, 0.717) is 16.8 Å². The molecule has 0 unspecified atom stereocenters. The van der Waals surface area contributed by atoms with E-state index in [-0.39, 0.29) is 18.2 Å². The summed E-state index contributed by atoms with van der Waals surface area (Å²) in [7, 11) is 1.68. The molecule has 6 heteroatoms. The van der Waals surface area contributed by atoms with Crippen LogP contribution in [0.2, 0.25) is 0 Å². The van der Waals surface area contributed by atoms with Crippen LogP contribution in [0.5, 0.6) is 5.75 Å². The van der Waals surface area contributed by atoms with Gasteiger partial charge < -0.3 is 15.0 Å². The fourth-order valence-electron chi connectivity index (χ4n) is 3.97. The molecule has 6 nitrogen and oxygen atoms in total. The molecule has 1 fully saturated rings. The van der Waals surface area contributed by atoms with Gasteiger partial charge in [-0.2, -0.15) is 0 Å². The zero-order chi connectivity index (χ0) is 22.3. The van der Waals surface area contributed by atoms with Gasteiger partial charge in [0.1, 0.15) is 5.75 Å². The van der Waals surface area contributed by atoms with Crippen LogP contribution in [0.15, 0.2) is 78.9 Å². The first-order valence-electron chi connectivity index (χ1n) is 10.7. The Bertz CT molecular complexity index is 1080. The Morgan fingerprint density at radius 2 is 1.50 bits per heavy atom. The highest BCUT2D eigenvalue weighted by Gasteiger charge is 2.22. The highest BCUT2D eigenvalue weighted by Crippen LogP contribution is 2.28. The molecular weight excluding hydrogens is 402 g/mol. The topological polar surface area (TPSA) is 61.9 Å². The smallest absolute Gasteiger partial charge is 0.238 e. The van der Waals surface area contributed by atoms with E-state index >= 15 is 0 Å². The van der Waals surface area contributed by atoms with Crippen molar-refractivity contribution in [1.29, 1.82) is 0 Å². The van der Waals surface area contributed by atoms with Crippen LogP contribution in [0.1, 0.15) is 15.9 Å². The molecule has 1 heterocycles. The molecule has 1 aliphatic rings. The van der Waals surface area contributed by atoms with E-state index in [1.54, 1.807) is 31.4 Å². The SMILES string of the molecule is COc1ccccc1N1CCN(CC(=O)Nc2ccccc2C(=O)c2ccccc2)CC1. The normalized spacial score (nSPS) is 14.1. The summed E-state index contributed by atoms with van der Waals surface area (Å²) in [4.78, 5) is 30.0. The number of methoxy groups -OCH3 is 1. The number of ether oxygens (including phenoxy) is 1. The first kappa shape index (κ1) is 21.6. The predicted molar refractivity (Wildman–Crippen MR) is 127 cm³/mol. The van der Waals surface area contributed by atoms with E-state index in [9.17, 15) is 9.59 Å².